The summed E-state index contributed by atoms with van der Waals surface area (Å²) in [4.78, 5) is 12.5. The van der Waals surface area contributed by atoms with Crippen LogP contribution in [0.4, 0.5) is 0 Å². The van der Waals surface area contributed by atoms with Crippen LogP contribution in [0.15, 0.2) is 48.5 Å². The molecule has 90 valence electrons. The fourth-order valence-electron chi connectivity index (χ4n) is 2.49. The standard InChI is InChI=1S/C16H15NO/c18-16(12-5-2-1-3-6-12)15-8-4-7-13-11-17-10-9-14(13)15/h1-8,17H,9-11H2. The number of benzene rings is 2. The highest BCUT2D eigenvalue weighted by Gasteiger charge is 2.17. The third kappa shape index (κ3) is 1.95. The first-order valence-corrected chi connectivity index (χ1v) is 6.27. The average Bonchev–Trinajstić information content (AvgIpc) is 2.47. The molecular formula is C16H15NO. The minimum atomic E-state index is 0.134. The van der Waals surface area contributed by atoms with Gasteiger partial charge < -0.3 is 5.32 Å². The van der Waals surface area contributed by atoms with Crippen LogP contribution in [0.1, 0.15) is 27.0 Å². The Hall–Kier alpha value is -1.93. The monoisotopic (exact) mass is 237 g/mol. The number of nitrogens with one attached hydrogen (secondary N) is 1. The van der Waals surface area contributed by atoms with Gasteiger partial charge >= 0.3 is 0 Å². The highest BCUT2D eigenvalue weighted by Crippen LogP contribution is 2.21. The lowest BCUT2D eigenvalue weighted by atomic mass is 9.91. The first-order chi connectivity index (χ1) is 8.86. The predicted molar refractivity (Wildman–Crippen MR) is 71.7 cm³/mol. The molecule has 1 aliphatic rings. The summed E-state index contributed by atoms with van der Waals surface area (Å²) in [6, 6.07) is 15.5. The van der Waals surface area contributed by atoms with E-state index in [1.54, 1.807) is 0 Å². The van der Waals surface area contributed by atoms with E-state index in [-0.39, 0.29) is 5.78 Å². The molecule has 2 heteroatoms. The molecule has 0 fully saturated rings. The van der Waals surface area contributed by atoms with Crippen molar-refractivity contribution in [3.63, 3.8) is 0 Å². The van der Waals surface area contributed by atoms with Crippen LogP contribution in [0.5, 0.6) is 0 Å². The van der Waals surface area contributed by atoms with Gasteiger partial charge in [-0.3, -0.25) is 4.79 Å². The van der Waals surface area contributed by atoms with Crippen LogP contribution in [0.25, 0.3) is 0 Å². The van der Waals surface area contributed by atoms with Crippen LogP contribution in [0.2, 0.25) is 0 Å². The van der Waals surface area contributed by atoms with Gasteiger partial charge in [0.2, 0.25) is 0 Å². The van der Waals surface area contributed by atoms with Crippen LogP contribution in [-0.4, -0.2) is 12.3 Å². The quantitative estimate of drug-likeness (QED) is 0.813. The maximum Gasteiger partial charge on any atom is 0.193 e. The lowest BCUT2D eigenvalue weighted by Crippen LogP contribution is -2.25. The average molecular weight is 237 g/mol. The van der Waals surface area contributed by atoms with Crippen molar-refractivity contribution in [2.75, 3.05) is 6.54 Å². The van der Waals surface area contributed by atoms with E-state index in [0.717, 1.165) is 30.6 Å². The molecule has 0 bridgehead atoms. The molecule has 2 nitrogen and oxygen atoms in total. The smallest absolute Gasteiger partial charge is 0.193 e. The van der Waals surface area contributed by atoms with Crippen molar-refractivity contribution in [1.29, 1.82) is 0 Å². The molecule has 0 spiro atoms. The summed E-state index contributed by atoms with van der Waals surface area (Å²) in [5.74, 6) is 0.134. The molecule has 18 heavy (non-hydrogen) atoms. The maximum absolute atomic E-state index is 12.5. The van der Waals surface area contributed by atoms with E-state index < -0.39 is 0 Å². The molecule has 0 atom stereocenters. The van der Waals surface area contributed by atoms with Crippen LogP contribution in [0.3, 0.4) is 0 Å². The van der Waals surface area contributed by atoms with Gasteiger partial charge in [-0.2, -0.15) is 0 Å². The summed E-state index contributed by atoms with van der Waals surface area (Å²) in [7, 11) is 0. The lowest BCUT2D eigenvalue weighted by molar-refractivity contribution is 0.103. The number of carbonyl (C=O) groups excluding carboxylic acids is 1. The van der Waals surface area contributed by atoms with E-state index >= 15 is 0 Å². The van der Waals surface area contributed by atoms with Crippen molar-refractivity contribution in [1.82, 2.24) is 5.32 Å². The zero-order valence-electron chi connectivity index (χ0n) is 10.1. The van der Waals surface area contributed by atoms with E-state index in [2.05, 4.69) is 11.4 Å². The van der Waals surface area contributed by atoms with E-state index in [0.29, 0.717) is 0 Å². The van der Waals surface area contributed by atoms with Crippen LogP contribution >= 0.6 is 0 Å². The van der Waals surface area contributed by atoms with Gasteiger partial charge in [0.05, 0.1) is 0 Å². The number of hydrogen-bond acceptors (Lipinski definition) is 2. The Morgan fingerprint density at radius 3 is 2.67 bits per heavy atom. The topological polar surface area (TPSA) is 29.1 Å². The molecule has 0 radical (unpaired) electrons. The molecule has 2 aromatic rings. The molecule has 0 saturated carbocycles. The molecule has 1 aliphatic heterocycles. The first kappa shape index (κ1) is 11.2. The second-order valence-electron chi connectivity index (χ2n) is 4.57. The maximum atomic E-state index is 12.5. The normalized spacial score (nSPS) is 14.0. The van der Waals surface area contributed by atoms with Crippen molar-refractivity contribution < 1.29 is 4.79 Å². The van der Waals surface area contributed by atoms with Gasteiger partial charge in [0.25, 0.3) is 0 Å². The third-order valence-electron chi connectivity index (χ3n) is 3.42. The second kappa shape index (κ2) is 4.75. The van der Waals surface area contributed by atoms with Crippen molar-refractivity contribution in [2.24, 2.45) is 0 Å². The Bertz CT molecular complexity index is 575. The summed E-state index contributed by atoms with van der Waals surface area (Å²) in [6.07, 6.45) is 0.935. The predicted octanol–water partition coefficient (Wildman–Crippen LogP) is 2.56. The summed E-state index contributed by atoms with van der Waals surface area (Å²) in [6.45, 7) is 1.82. The number of rotatable bonds is 2. The van der Waals surface area contributed by atoms with Crippen molar-refractivity contribution in [2.45, 2.75) is 13.0 Å². The highest BCUT2D eigenvalue weighted by atomic mass is 16.1. The molecule has 0 aromatic heterocycles. The van der Waals surface area contributed by atoms with E-state index in [1.165, 1.54) is 11.1 Å². The number of carbonyl (C=O) groups is 1. The van der Waals surface area contributed by atoms with E-state index in [1.807, 2.05) is 42.5 Å². The third-order valence-corrected chi connectivity index (χ3v) is 3.42. The van der Waals surface area contributed by atoms with Crippen molar-refractivity contribution in [3.8, 4) is 0 Å². The van der Waals surface area contributed by atoms with Gasteiger partial charge in [-0.15, -0.1) is 0 Å². The van der Waals surface area contributed by atoms with Gasteiger partial charge in [0.15, 0.2) is 5.78 Å². The van der Waals surface area contributed by atoms with E-state index in [9.17, 15) is 4.79 Å². The van der Waals surface area contributed by atoms with Gasteiger partial charge in [0, 0.05) is 17.7 Å². The van der Waals surface area contributed by atoms with Crippen LogP contribution in [-0.2, 0) is 13.0 Å². The number of ketones is 1. The Morgan fingerprint density at radius 1 is 1.00 bits per heavy atom. The zero-order chi connectivity index (χ0) is 12.4. The molecule has 2 aromatic carbocycles. The van der Waals surface area contributed by atoms with Gasteiger partial charge in [-0.1, -0.05) is 48.5 Å². The molecule has 1 N–H and O–H groups in total. The summed E-state index contributed by atoms with van der Waals surface area (Å²) >= 11 is 0. The fourth-order valence-corrected chi connectivity index (χ4v) is 2.49. The minimum absolute atomic E-state index is 0.134. The van der Waals surface area contributed by atoms with Gasteiger partial charge in [-0.25, -0.2) is 0 Å². The Labute approximate surface area is 107 Å². The lowest BCUT2D eigenvalue weighted by Gasteiger charge is -2.19. The van der Waals surface area contributed by atoms with Crippen LogP contribution in [0, 0.1) is 0 Å². The second-order valence-corrected chi connectivity index (χ2v) is 4.57. The Kier molecular flexibility index (Phi) is 2.95. The SMILES string of the molecule is O=C(c1ccccc1)c1cccc2c1CCNC2. The summed E-state index contributed by atoms with van der Waals surface area (Å²) < 4.78 is 0. The zero-order valence-corrected chi connectivity index (χ0v) is 10.1. The Balaban J connectivity index is 2.05. The number of fused-ring (bicyclic) bond motifs is 1. The Morgan fingerprint density at radius 2 is 1.83 bits per heavy atom. The molecule has 3 rings (SSSR count). The van der Waals surface area contributed by atoms with E-state index in [4.69, 9.17) is 0 Å². The molecule has 0 amide bonds. The van der Waals surface area contributed by atoms with Gasteiger partial charge in [-0.05, 0) is 24.1 Å². The van der Waals surface area contributed by atoms with Crippen molar-refractivity contribution in [3.05, 3.63) is 70.8 Å². The molecule has 0 saturated heterocycles. The first-order valence-electron chi connectivity index (χ1n) is 6.27. The summed E-state index contributed by atoms with van der Waals surface area (Å²) in [5, 5.41) is 3.34. The van der Waals surface area contributed by atoms with Gasteiger partial charge in [0.1, 0.15) is 0 Å². The van der Waals surface area contributed by atoms with Crippen molar-refractivity contribution >= 4 is 5.78 Å². The molecule has 1 heterocycles. The van der Waals surface area contributed by atoms with Crippen LogP contribution < -0.4 is 5.32 Å². The molecule has 0 aliphatic carbocycles. The fraction of sp³-hybridized carbons (Fsp3) is 0.188. The largest absolute Gasteiger partial charge is 0.312 e. The molecular weight excluding hydrogens is 222 g/mol. The highest BCUT2D eigenvalue weighted by molar-refractivity contribution is 6.10. The number of hydrogen-bond donors (Lipinski definition) is 1. The minimum Gasteiger partial charge on any atom is -0.312 e. The molecule has 0 unspecified atom stereocenters. The summed E-state index contributed by atoms with van der Waals surface area (Å²) in [5.41, 5.74) is 4.10.